The van der Waals surface area contributed by atoms with Crippen molar-refractivity contribution in [1.82, 2.24) is 14.8 Å². The zero-order valence-electron chi connectivity index (χ0n) is 10.2. The van der Waals surface area contributed by atoms with Gasteiger partial charge in [0.2, 0.25) is 0 Å². The van der Waals surface area contributed by atoms with E-state index in [1.165, 1.54) is 0 Å². The van der Waals surface area contributed by atoms with Crippen molar-refractivity contribution in [3.63, 3.8) is 0 Å². The standard InChI is InChI=1S/C10H19N3OS2/c1-7(2)9-11-12-10(15)13(9)6-5-8(3)16(4)14/h7-8H,5-6H2,1-4H3,(H,12,15). The molecule has 4 nitrogen and oxygen atoms in total. The Kier molecular flexibility index (Phi) is 4.86. The largest absolute Gasteiger partial charge is 0.304 e. The minimum Gasteiger partial charge on any atom is -0.304 e. The summed E-state index contributed by atoms with van der Waals surface area (Å²) in [6.07, 6.45) is 2.60. The van der Waals surface area contributed by atoms with Crippen molar-refractivity contribution in [3.8, 4) is 0 Å². The number of nitrogens with one attached hydrogen (secondary N) is 1. The molecule has 0 aromatic carbocycles. The van der Waals surface area contributed by atoms with Crippen LogP contribution < -0.4 is 0 Å². The first kappa shape index (κ1) is 13.6. The summed E-state index contributed by atoms with van der Waals surface area (Å²) < 4.78 is 13.9. The Balaban J connectivity index is 2.77. The first-order chi connectivity index (χ1) is 7.43. The number of hydrogen-bond donors (Lipinski definition) is 1. The summed E-state index contributed by atoms with van der Waals surface area (Å²) >= 11 is 5.18. The highest BCUT2D eigenvalue weighted by Crippen LogP contribution is 2.13. The van der Waals surface area contributed by atoms with Gasteiger partial charge in [0.25, 0.3) is 0 Å². The van der Waals surface area contributed by atoms with Gasteiger partial charge in [-0.1, -0.05) is 20.8 Å². The highest BCUT2D eigenvalue weighted by atomic mass is 32.2. The van der Waals surface area contributed by atoms with E-state index in [0.29, 0.717) is 10.7 Å². The fourth-order valence-corrected chi connectivity index (χ4v) is 2.13. The van der Waals surface area contributed by atoms with Crippen molar-refractivity contribution in [2.24, 2.45) is 0 Å². The molecule has 0 aliphatic heterocycles. The average Bonchev–Trinajstić information content (AvgIpc) is 2.56. The minimum atomic E-state index is -0.774. The van der Waals surface area contributed by atoms with E-state index in [1.807, 2.05) is 11.5 Å². The van der Waals surface area contributed by atoms with E-state index < -0.39 is 10.8 Å². The number of rotatable bonds is 5. The van der Waals surface area contributed by atoms with E-state index in [4.69, 9.17) is 12.2 Å². The van der Waals surface area contributed by atoms with Crippen LogP contribution in [0.4, 0.5) is 0 Å². The maximum absolute atomic E-state index is 11.3. The molecule has 1 aromatic heterocycles. The fourth-order valence-electron chi connectivity index (χ4n) is 1.46. The summed E-state index contributed by atoms with van der Waals surface area (Å²) in [5.41, 5.74) is 0. The number of aromatic amines is 1. The van der Waals surface area contributed by atoms with Crippen molar-refractivity contribution >= 4 is 23.0 Å². The first-order valence-electron chi connectivity index (χ1n) is 5.40. The van der Waals surface area contributed by atoms with Crippen molar-refractivity contribution in [2.45, 2.75) is 44.9 Å². The normalized spacial score (nSPS) is 15.3. The maximum Gasteiger partial charge on any atom is 0.195 e. The van der Waals surface area contributed by atoms with Crippen LogP contribution in [0.1, 0.15) is 38.9 Å². The molecule has 1 rings (SSSR count). The molecule has 92 valence electrons. The molecule has 0 aliphatic carbocycles. The van der Waals surface area contributed by atoms with Crippen LogP contribution in [0, 0.1) is 4.77 Å². The van der Waals surface area contributed by atoms with Crippen LogP contribution in [0.3, 0.4) is 0 Å². The van der Waals surface area contributed by atoms with Gasteiger partial charge in [0.15, 0.2) is 4.77 Å². The molecule has 2 atom stereocenters. The lowest BCUT2D eigenvalue weighted by atomic mass is 10.2. The van der Waals surface area contributed by atoms with Gasteiger partial charge in [-0.15, -0.1) is 0 Å². The predicted molar refractivity (Wildman–Crippen MR) is 69.6 cm³/mol. The Morgan fingerprint density at radius 2 is 2.12 bits per heavy atom. The van der Waals surface area contributed by atoms with E-state index >= 15 is 0 Å². The Morgan fingerprint density at radius 1 is 1.50 bits per heavy atom. The van der Waals surface area contributed by atoms with Gasteiger partial charge < -0.3 is 4.57 Å². The third-order valence-electron chi connectivity index (χ3n) is 2.63. The van der Waals surface area contributed by atoms with E-state index in [9.17, 15) is 4.21 Å². The predicted octanol–water partition coefficient (Wildman–Crippen LogP) is 2.22. The van der Waals surface area contributed by atoms with Gasteiger partial charge in [-0.25, -0.2) is 0 Å². The highest BCUT2D eigenvalue weighted by Gasteiger charge is 2.12. The summed E-state index contributed by atoms with van der Waals surface area (Å²) in [7, 11) is -0.774. The van der Waals surface area contributed by atoms with E-state index in [2.05, 4.69) is 24.0 Å². The summed E-state index contributed by atoms with van der Waals surface area (Å²) in [5.74, 6) is 1.31. The van der Waals surface area contributed by atoms with Crippen LogP contribution >= 0.6 is 12.2 Å². The second-order valence-electron chi connectivity index (χ2n) is 4.29. The van der Waals surface area contributed by atoms with Crippen LogP contribution in [0.15, 0.2) is 0 Å². The van der Waals surface area contributed by atoms with E-state index in [1.54, 1.807) is 6.26 Å². The average molecular weight is 261 g/mol. The summed E-state index contributed by atoms with van der Waals surface area (Å²) in [5, 5.41) is 7.21. The van der Waals surface area contributed by atoms with Crippen LogP contribution in [-0.2, 0) is 17.3 Å². The highest BCUT2D eigenvalue weighted by molar-refractivity contribution is 7.84. The molecule has 0 fully saturated rings. The molecule has 0 amide bonds. The lowest BCUT2D eigenvalue weighted by Gasteiger charge is -2.11. The van der Waals surface area contributed by atoms with Gasteiger partial charge in [0.1, 0.15) is 5.82 Å². The van der Waals surface area contributed by atoms with Crippen LogP contribution in [-0.4, -0.2) is 30.5 Å². The maximum atomic E-state index is 11.3. The lowest BCUT2D eigenvalue weighted by molar-refractivity contribution is 0.575. The number of H-pyrrole nitrogens is 1. The van der Waals surface area contributed by atoms with Crippen LogP contribution in [0.2, 0.25) is 0 Å². The zero-order valence-corrected chi connectivity index (χ0v) is 11.8. The number of aromatic nitrogens is 3. The Bertz CT molecular complexity index is 422. The molecule has 1 heterocycles. The molecule has 2 unspecified atom stereocenters. The lowest BCUT2D eigenvalue weighted by Crippen LogP contribution is -2.14. The molecular formula is C10H19N3OS2. The number of nitrogens with zero attached hydrogens (tertiary/aromatic N) is 2. The molecule has 1 aromatic rings. The fraction of sp³-hybridized carbons (Fsp3) is 0.800. The topological polar surface area (TPSA) is 50.7 Å². The van der Waals surface area contributed by atoms with Gasteiger partial charge in [0, 0.05) is 34.8 Å². The van der Waals surface area contributed by atoms with E-state index in [0.717, 1.165) is 18.8 Å². The second-order valence-corrected chi connectivity index (χ2v) is 6.48. The Labute approximate surface area is 104 Å². The molecule has 0 radical (unpaired) electrons. The minimum absolute atomic E-state index is 0.191. The van der Waals surface area contributed by atoms with Crippen molar-refractivity contribution in [3.05, 3.63) is 10.6 Å². The summed E-state index contributed by atoms with van der Waals surface area (Å²) in [6.45, 7) is 6.95. The molecule has 0 saturated heterocycles. The molecule has 0 bridgehead atoms. The summed E-state index contributed by atoms with van der Waals surface area (Å²) in [4.78, 5) is 0. The molecule has 0 aliphatic rings. The van der Waals surface area contributed by atoms with Gasteiger partial charge >= 0.3 is 0 Å². The van der Waals surface area contributed by atoms with Crippen molar-refractivity contribution in [2.75, 3.05) is 6.26 Å². The number of hydrogen-bond acceptors (Lipinski definition) is 3. The molecular weight excluding hydrogens is 242 g/mol. The smallest absolute Gasteiger partial charge is 0.195 e. The first-order valence-corrected chi connectivity index (χ1v) is 7.43. The summed E-state index contributed by atoms with van der Waals surface area (Å²) in [6, 6.07) is 0. The van der Waals surface area contributed by atoms with Crippen LogP contribution in [0.25, 0.3) is 0 Å². The van der Waals surface area contributed by atoms with Gasteiger partial charge in [-0.05, 0) is 18.6 Å². The third-order valence-corrected chi connectivity index (χ3v) is 4.31. The second kappa shape index (κ2) is 5.72. The molecule has 6 heteroatoms. The third kappa shape index (κ3) is 3.25. The monoisotopic (exact) mass is 261 g/mol. The van der Waals surface area contributed by atoms with E-state index in [-0.39, 0.29) is 5.25 Å². The van der Waals surface area contributed by atoms with Gasteiger partial charge in [0.05, 0.1) is 0 Å². The van der Waals surface area contributed by atoms with Gasteiger partial charge in [-0.3, -0.25) is 9.31 Å². The molecule has 16 heavy (non-hydrogen) atoms. The quantitative estimate of drug-likeness (QED) is 0.827. The zero-order chi connectivity index (χ0) is 12.3. The molecule has 0 saturated carbocycles. The molecule has 1 N–H and O–H groups in total. The van der Waals surface area contributed by atoms with Crippen molar-refractivity contribution < 1.29 is 4.21 Å². The Morgan fingerprint density at radius 3 is 2.62 bits per heavy atom. The van der Waals surface area contributed by atoms with Crippen LogP contribution in [0.5, 0.6) is 0 Å². The van der Waals surface area contributed by atoms with Crippen molar-refractivity contribution in [1.29, 1.82) is 0 Å². The SMILES string of the molecule is CC(C)c1n[nH]c(=S)n1CCC(C)S(C)=O. The van der Waals surface area contributed by atoms with Gasteiger partial charge in [-0.2, -0.15) is 5.10 Å². The Hall–Kier alpha value is -0.490. The molecule has 0 spiro atoms.